The molecule has 46 heavy (non-hydrogen) atoms. The van der Waals surface area contributed by atoms with E-state index >= 15 is 0 Å². The number of nitrogens with zero attached hydrogens (tertiary/aromatic N) is 6. The maximum atomic E-state index is 9.37. The molecule has 0 unspecified atom stereocenters. The highest BCUT2D eigenvalue weighted by Crippen LogP contribution is 2.21. The van der Waals surface area contributed by atoms with Crippen molar-refractivity contribution in [3.8, 4) is 45.6 Å². The second-order valence-corrected chi connectivity index (χ2v) is 10.1. The van der Waals surface area contributed by atoms with E-state index < -0.39 is 7.12 Å². The predicted octanol–water partition coefficient (Wildman–Crippen LogP) is 6.18. The van der Waals surface area contributed by atoms with Gasteiger partial charge in [-0.05, 0) is 24.4 Å². The van der Waals surface area contributed by atoms with Crippen LogP contribution in [-0.2, 0) is 4.74 Å². The summed E-state index contributed by atoms with van der Waals surface area (Å²) < 4.78 is 4.94. The zero-order valence-corrected chi connectivity index (χ0v) is 25.1. The molecule has 1 aliphatic rings. The van der Waals surface area contributed by atoms with Crippen molar-refractivity contribution < 1.29 is 14.8 Å². The normalized spacial score (nSPS) is 11.6. The van der Waals surface area contributed by atoms with Crippen LogP contribution in [0.15, 0.2) is 121 Å². The van der Waals surface area contributed by atoms with Gasteiger partial charge in [0.15, 0.2) is 29.0 Å². The molecular weight excluding hydrogens is 599 g/mol. The lowest BCUT2D eigenvalue weighted by atomic mass is 9.90. The average molecular weight is 633 g/mol. The highest BCUT2D eigenvalue weighted by Gasteiger charge is 2.19. The average Bonchev–Trinajstić information content (AvgIpc) is 3.71. The van der Waals surface area contributed by atoms with Gasteiger partial charge in [-0.1, -0.05) is 129 Å². The third-order valence-corrected chi connectivity index (χ3v) is 6.62. The number of benzene rings is 4. The summed E-state index contributed by atoms with van der Waals surface area (Å²) in [7, 11) is -1.74. The topological polar surface area (TPSA) is 127 Å². The van der Waals surface area contributed by atoms with E-state index in [1.165, 1.54) is 12.8 Å². The van der Waals surface area contributed by atoms with E-state index in [-0.39, 0.29) is 18.4 Å². The zero-order chi connectivity index (χ0) is 31.3. The number of ether oxygens (including phenoxy) is 1. The van der Waals surface area contributed by atoms with Gasteiger partial charge >= 0.3 is 7.12 Å². The second kappa shape index (κ2) is 17.6. The van der Waals surface area contributed by atoms with Crippen LogP contribution in [-0.4, -0.2) is 60.3 Å². The van der Waals surface area contributed by atoms with E-state index in [1.807, 2.05) is 121 Å². The van der Waals surface area contributed by atoms with Gasteiger partial charge in [0.25, 0.3) is 0 Å². The quantitative estimate of drug-likeness (QED) is 0.214. The zero-order valence-electron chi connectivity index (χ0n) is 24.3. The molecule has 0 atom stereocenters. The number of rotatable bonds is 5. The standard InChI is InChI=1S/C15H12BN3O2.C15H10ClN3.C4H8O.CH4/c20-16(21)15-18-13(11-7-3-1-4-8-11)17-14(19-15)12-9-5-2-6-10-12;16-15-18-13(11-7-3-1-4-8-11)17-14(19-15)12-9-5-2-6-10-12;1-2-4-5-3-1;/h1-10,20-21H;1-10H;1-4H2;1H4. The molecule has 3 heterocycles. The first-order valence-corrected chi connectivity index (χ1v) is 14.8. The molecule has 4 aromatic carbocycles. The summed E-state index contributed by atoms with van der Waals surface area (Å²) in [4.78, 5) is 25.4. The highest BCUT2D eigenvalue weighted by molar-refractivity contribution is 6.56. The third-order valence-electron chi connectivity index (χ3n) is 6.45. The maximum absolute atomic E-state index is 9.37. The summed E-state index contributed by atoms with van der Waals surface area (Å²) in [5.41, 5.74) is 3.36. The smallest absolute Gasteiger partial charge is 0.421 e. The van der Waals surface area contributed by atoms with Gasteiger partial charge in [-0.25, -0.2) is 19.9 Å². The van der Waals surface area contributed by atoms with Crippen molar-refractivity contribution in [3.05, 3.63) is 127 Å². The van der Waals surface area contributed by atoms with Crippen LogP contribution in [0.1, 0.15) is 20.3 Å². The number of hydrogen-bond acceptors (Lipinski definition) is 9. The van der Waals surface area contributed by atoms with Gasteiger partial charge in [-0.2, -0.15) is 9.97 Å². The first kappa shape index (κ1) is 34.0. The minimum Gasteiger partial charge on any atom is -0.421 e. The van der Waals surface area contributed by atoms with Crippen LogP contribution in [0.2, 0.25) is 5.28 Å². The van der Waals surface area contributed by atoms with Gasteiger partial charge in [0.1, 0.15) is 0 Å². The Bertz CT molecular complexity index is 1640. The van der Waals surface area contributed by atoms with E-state index in [2.05, 4.69) is 29.9 Å². The summed E-state index contributed by atoms with van der Waals surface area (Å²) in [6.45, 7) is 2.00. The van der Waals surface area contributed by atoms with E-state index in [1.54, 1.807) is 0 Å². The summed E-state index contributed by atoms with van der Waals surface area (Å²) in [6.07, 6.45) is 2.56. The summed E-state index contributed by atoms with van der Waals surface area (Å²) >= 11 is 5.99. The summed E-state index contributed by atoms with van der Waals surface area (Å²) in [5.74, 6) is 1.99. The number of aromatic nitrogens is 6. The Morgan fingerprint density at radius 2 is 0.783 bits per heavy atom. The van der Waals surface area contributed by atoms with E-state index in [0.717, 1.165) is 35.5 Å². The molecule has 0 amide bonds. The first-order chi connectivity index (χ1) is 22.1. The lowest BCUT2D eigenvalue weighted by Gasteiger charge is -2.07. The monoisotopic (exact) mass is 632 g/mol. The minimum absolute atomic E-state index is 0. The van der Waals surface area contributed by atoms with Gasteiger partial charge in [0, 0.05) is 35.5 Å². The van der Waals surface area contributed by atoms with E-state index in [0.29, 0.717) is 23.3 Å². The molecule has 2 N–H and O–H groups in total. The fraction of sp³-hybridized carbons (Fsp3) is 0.143. The second-order valence-electron chi connectivity index (χ2n) is 9.75. The SMILES string of the molecule is C.C1CCOC1.Clc1nc(-c2ccccc2)nc(-c2ccccc2)n1.OB(O)c1nc(-c2ccccc2)nc(-c2ccccc2)n1. The van der Waals surface area contributed by atoms with Crippen LogP contribution in [0.25, 0.3) is 45.6 Å². The molecular formula is C35H34BClN6O3. The Morgan fingerprint density at radius 1 is 0.478 bits per heavy atom. The van der Waals surface area contributed by atoms with Crippen molar-refractivity contribution in [3.63, 3.8) is 0 Å². The fourth-order valence-electron chi connectivity index (χ4n) is 4.23. The van der Waals surface area contributed by atoms with Gasteiger partial charge in [-0.3, -0.25) is 0 Å². The molecule has 232 valence electrons. The van der Waals surface area contributed by atoms with Crippen molar-refractivity contribution in [2.45, 2.75) is 20.3 Å². The highest BCUT2D eigenvalue weighted by atomic mass is 35.5. The molecule has 11 heteroatoms. The minimum atomic E-state index is -1.74. The summed E-state index contributed by atoms with van der Waals surface area (Å²) in [5, 5.41) is 18.9. The Hall–Kier alpha value is -4.87. The van der Waals surface area contributed by atoms with Crippen LogP contribution in [0, 0.1) is 0 Å². The van der Waals surface area contributed by atoms with Crippen molar-refractivity contribution in [1.82, 2.24) is 29.9 Å². The van der Waals surface area contributed by atoms with Crippen LogP contribution >= 0.6 is 11.6 Å². The molecule has 1 aliphatic heterocycles. The Kier molecular flexibility index (Phi) is 13.0. The maximum Gasteiger partial charge on any atom is 0.528 e. The lowest BCUT2D eigenvalue weighted by Crippen LogP contribution is -2.36. The first-order valence-electron chi connectivity index (χ1n) is 14.4. The molecule has 2 aromatic heterocycles. The number of hydrogen-bond donors (Lipinski definition) is 2. The summed E-state index contributed by atoms with van der Waals surface area (Å²) in [6, 6.07) is 38.1. The van der Waals surface area contributed by atoms with Gasteiger partial charge in [0.2, 0.25) is 5.28 Å². The molecule has 0 spiro atoms. The lowest BCUT2D eigenvalue weighted by molar-refractivity contribution is 0.198. The van der Waals surface area contributed by atoms with Crippen LogP contribution < -0.4 is 5.72 Å². The van der Waals surface area contributed by atoms with Crippen molar-refractivity contribution in [2.24, 2.45) is 0 Å². The van der Waals surface area contributed by atoms with Gasteiger partial charge in [0.05, 0.1) is 0 Å². The molecule has 1 saturated heterocycles. The van der Waals surface area contributed by atoms with Gasteiger partial charge < -0.3 is 14.8 Å². The molecule has 7 rings (SSSR count). The molecule has 6 aromatic rings. The largest absolute Gasteiger partial charge is 0.528 e. The van der Waals surface area contributed by atoms with Crippen LogP contribution in [0.3, 0.4) is 0 Å². The van der Waals surface area contributed by atoms with E-state index in [9.17, 15) is 10.0 Å². The Balaban J connectivity index is 0.000000178. The molecule has 0 aliphatic carbocycles. The van der Waals surface area contributed by atoms with Gasteiger partial charge in [-0.15, -0.1) is 0 Å². The van der Waals surface area contributed by atoms with Crippen LogP contribution in [0.5, 0.6) is 0 Å². The predicted molar refractivity (Wildman–Crippen MR) is 183 cm³/mol. The van der Waals surface area contributed by atoms with Crippen molar-refractivity contribution >= 4 is 24.4 Å². The third kappa shape index (κ3) is 9.82. The number of halogens is 1. The van der Waals surface area contributed by atoms with Crippen molar-refractivity contribution in [1.29, 1.82) is 0 Å². The molecule has 0 radical (unpaired) electrons. The molecule has 9 nitrogen and oxygen atoms in total. The van der Waals surface area contributed by atoms with Crippen molar-refractivity contribution in [2.75, 3.05) is 13.2 Å². The van der Waals surface area contributed by atoms with E-state index in [4.69, 9.17) is 16.3 Å². The molecule has 0 saturated carbocycles. The Morgan fingerprint density at radius 3 is 1.04 bits per heavy atom. The molecule has 0 bridgehead atoms. The fourth-order valence-corrected chi connectivity index (χ4v) is 4.39. The van der Waals surface area contributed by atoms with Crippen LogP contribution in [0.4, 0.5) is 0 Å². The Labute approximate surface area is 274 Å². The molecule has 1 fully saturated rings.